The summed E-state index contributed by atoms with van der Waals surface area (Å²) in [5.74, 6) is 0.208. The van der Waals surface area contributed by atoms with Gasteiger partial charge < -0.3 is 0 Å². The highest BCUT2D eigenvalue weighted by Gasteiger charge is 2.23. The lowest BCUT2D eigenvalue weighted by Crippen LogP contribution is -2.43. The SMILES string of the molecule is C/C1=c2\cc(C3C\C=C/N=c4\cc[n+](\C5=C/C=c6/cnnc/c6=C(\C)CC5)c\c4=C(/C)C3)nc\c2=C\N=CCC([n+]2ccc3cccc(C)c3n2)C1. The molecule has 8 nitrogen and oxygen atoms in total. The third kappa shape index (κ3) is 6.81. The van der Waals surface area contributed by atoms with Gasteiger partial charge in [0.2, 0.25) is 0 Å². The monoisotopic (exact) mass is 684 g/mol. The summed E-state index contributed by atoms with van der Waals surface area (Å²) in [6, 6.07) is 13.1. The van der Waals surface area contributed by atoms with Crippen molar-refractivity contribution in [1.82, 2.24) is 20.3 Å². The van der Waals surface area contributed by atoms with Gasteiger partial charge in [-0.3, -0.25) is 15.0 Å². The zero-order valence-corrected chi connectivity index (χ0v) is 30.4. The Hall–Kier alpha value is -5.76. The Balaban J connectivity index is 1.14. The Morgan fingerprint density at radius 3 is 2.58 bits per heavy atom. The van der Waals surface area contributed by atoms with Crippen LogP contribution in [0.4, 0.5) is 0 Å². The minimum Gasteiger partial charge on any atom is -0.268 e. The Bertz CT molecular complexity index is 2710. The molecule has 3 aliphatic rings. The van der Waals surface area contributed by atoms with Gasteiger partial charge in [-0.05, 0) is 69.9 Å². The van der Waals surface area contributed by atoms with E-state index in [0.29, 0.717) is 0 Å². The molecule has 0 radical (unpaired) electrons. The van der Waals surface area contributed by atoms with Gasteiger partial charge in [0.25, 0.3) is 0 Å². The molecule has 258 valence electrons. The summed E-state index contributed by atoms with van der Waals surface area (Å²) in [7, 11) is 0. The number of fused-ring (bicyclic) bond motifs is 4. The van der Waals surface area contributed by atoms with Crippen molar-refractivity contribution in [2.75, 3.05) is 0 Å². The van der Waals surface area contributed by atoms with Crippen LogP contribution in [0.15, 0.2) is 102 Å². The zero-order valence-electron chi connectivity index (χ0n) is 30.4. The number of aliphatic imine (C=N–C) groups is 1. The molecule has 8 heteroatoms. The first-order valence-electron chi connectivity index (χ1n) is 18.3. The van der Waals surface area contributed by atoms with Crippen LogP contribution in [0.3, 0.4) is 0 Å². The molecule has 6 heterocycles. The van der Waals surface area contributed by atoms with Crippen molar-refractivity contribution in [3.8, 4) is 0 Å². The minimum atomic E-state index is 0.160. The molecule has 52 heavy (non-hydrogen) atoms. The minimum absolute atomic E-state index is 0.160. The molecule has 0 bridgehead atoms. The van der Waals surface area contributed by atoms with Crippen molar-refractivity contribution in [2.24, 2.45) is 9.98 Å². The quantitative estimate of drug-likeness (QED) is 0.273. The van der Waals surface area contributed by atoms with Gasteiger partial charge in [0.15, 0.2) is 30.3 Å². The van der Waals surface area contributed by atoms with Gasteiger partial charge in [-0.25, -0.2) is 0 Å². The number of aromatic nitrogens is 6. The lowest BCUT2D eigenvalue weighted by atomic mass is 9.91. The average molecular weight is 685 g/mol. The number of nitrogens with zero attached hydrogens (tertiary/aromatic N) is 8. The largest absolute Gasteiger partial charge is 0.268 e. The molecule has 2 unspecified atom stereocenters. The highest BCUT2D eigenvalue weighted by molar-refractivity contribution is 5.80. The van der Waals surface area contributed by atoms with E-state index >= 15 is 0 Å². The van der Waals surface area contributed by atoms with Crippen molar-refractivity contribution in [3.05, 3.63) is 135 Å². The first kappa shape index (κ1) is 33.4. The van der Waals surface area contributed by atoms with Crippen LogP contribution in [0.1, 0.15) is 82.5 Å². The van der Waals surface area contributed by atoms with Crippen molar-refractivity contribution >= 4 is 51.8 Å². The number of aryl methyl sites for hydroxylation is 1. The Labute approximate surface area is 303 Å². The van der Waals surface area contributed by atoms with E-state index in [1.807, 2.05) is 37.2 Å². The van der Waals surface area contributed by atoms with Crippen molar-refractivity contribution < 1.29 is 9.25 Å². The van der Waals surface area contributed by atoms with E-state index in [4.69, 9.17) is 20.1 Å². The molecular weight excluding hydrogens is 641 g/mol. The second kappa shape index (κ2) is 14.5. The molecule has 2 aliphatic heterocycles. The van der Waals surface area contributed by atoms with E-state index in [9.17, 15) is 0 Å². The van der Waals surface area contributed by atoms with Gasteiger partial charge in [0.1, 0.15) is 5.52 Å². The molecule has 5 aromatic rings. The smallest absolute Gasteiger partial charge is 0.197 e. The first-order chi connectivity index (χ1) is 25.4. The fourth-order valence-electron chi connectivity index (χ4n) is 7.71. The van der Waals surface area contributed by atoms with E-state index in [0.717, 1.165) is 70.9 Å². The van der Waals surface area contributed by atoms with Crippen LogP contribution in [-0.4, -0.2) is 26.5 Å². The summed E-state index contributed by atoms with van der Waals surface area (Å²) in [6.45, 7) is 8.82. The number of allylic oxidation sites excluding steroid dienone is 3. The van der Waals surface area contributed by atoms with Crippen LogP contribution in [0, 0.1) is 6.92 Å². The highest BCUT2D eigenvalue weighted by Crippen LogP contribution is 2.26. The molecule has 8 rings (SSSR count). The summed E-state index contributed by atoms with van der Waals surface area (Å²) in [6.07, 6.45) is 30.1. The van der Waals surface area contributed by atoms with Crippen molar-refractivity contribution in [3.63, 3.8) is 0 Å². The molecule has 0 spiro atoms. The highest BCUT2D eigenvalue weighted by atomic mass is 15.3. The fourth-order valence-corrected chi connectivity index (χ4v) is 7.71. The molecule has 0 saturated heterocycles. The first-order valence-corrected chi connectivity index (χ1v) is 18.3. The maximum atomic E-state index is 5.08. The Kier molecular flexibility index (Phi) is 9.29. The molecule has 0 fully saturated rings. The van der Waals surface area contributed by atoms with Crippen molar-refractivity contribution in [1.29, 1.82) is 0 Å². The summed E-state index contributed by atoms with van der Waals surface area (Å²) < 4.78 is 4.39. The van der Waals surface area contributed by atoms with Gasteiger partial charge in [-0.1, -0.05) is 45.7 Å². The van der Waals surface area contributed by atoms with Crippen LogP contribution in [0.25, 0.3) is 45.6 Å². The maximum absolute atomic E-state index is 5.08. The molecule has 1 aromatic carbocycles. The molecular formula is C44H44N8+2. The summed E-state index contributed by atoms with van der Waals surface area (Å²) in [5.41, 5.74) is 8.51. The van der Waals surface area contributed by atoms with Crippen LogP contribution < -0.4 is 40.7 Å². The predicted molar refractivity (Wildman–Crippen MR) is 206 cm³/mol. The van der Waals surface area contributed by atoms with Gasteiger partial charge in [0, 0.05) is 100 Å². The Morgan fingerprint density at radius 1 is 0.769 bits per heavy atom. The summed E-state index contributed by atoms with van der Waals surface area (Å²) in [5, 5.41) is 21.2. The van der Waals surface area contributed by atoms with E-state index in [-0.39, 0.29) is 12.0 Å². The van der Waals surface area contributed by atoms with Crippen molar-refractivity contribution in [2.45, 2.75) is 78.2 Å². The lowest BCUT2D eigenvalue weighted by molar-refractivity contribution is -0.773. The summed E-state index contributed by atoms with van der Waals surface area (Å²) >= 11 is 0. The van der Waals surface area contributed by atoms with E-state index in [1.165, 1.54) is 43.6 Å². The Morgan fingerprint density at radius 2 is 1.65 bits per heavy atom. The standard InChI is InChI=1S/C44H44N8/c1-29-10-12-37(13-11-35-26-48-49-27-40(29)35)51-19-16-42-41(28-51)31(3)21-34(9-6-17-46-42)43-23-39-32(4)22-38(14-18-45-24-36(39)25-47-43)52-20-15-33-8-5-7-30(2)44(33)50-52/h5-8,11,13,15-20,23-28,34,38H,9-10,12,14,21-22H2,1-4H3/q+2/b17-6-,35-11-,36-24-,37-13-,39-32-,40-29-,41-31-,45-18?,46-42+. The number of pyridine rings is 2. The van der Waals surface area contributed by atoms with Gasteiger partial charge >= 0.3 is 0 Å². The number of rotatable bonds is 3. The lowest BCUT2D eigenvalue weighted by Gasteiger charge is -2.16. The summed E-state index contributed by atoms with van der Waals surface area (Å²) in [4.78, 5) is 14.7. The molecule has 4 aromatic heterocycles. The fraction of sp³-hybridized carbons (Fsp3) is 0.273. The van der Waals surface area contributed by atoms with Gasteiger partial charge in [0.05, 0.1) is 23.0 Å². The maximum Gasteiger partial charge on any atom is 0.197 e. The third-order valence-electron chi connectivity index (χ3n) is 10.8. The molecule has 0 saturated carbocycles. The molecule has 0 amide bonds. The third-order valence-corrected chi connectivity index (χ3v) is 10.8. The van der Waals surface area contributed by atoms with E-state index in [2.05, 4.69) is 120 Å². The van der Waals surface area contributed by atoms with Gasteiger partial charge in [-0.15, -0.1) is 0 Å². The average Bonchev–Trinajstić information content (AvgIpc) is 3.29. The van der Waals surface area contributed by atoms with E-state index < -0.39 is 0 Å². The van der Waals surface area contributed by atoms with Gasteiger partial charge in [-0.2, -0.15) is 14.8 Å². The molecule has 1 aliphatic carbocycles. The second-order valence-corrected chi connectivity index (χ2v) is 14.4. The number of benzene rings is 1. The van der Waals surface area contributed by atoms with Crippen LogP contribution in [0.5, 0.6) is 0 Å². The number of hydrogen-bond donors (Lipinski definition) is 0. The molecule has 0 N–H and O–H groups in total. The number of hydrogen-bond acceptors (Lipinski definition) is 6. The van der Waals surface area contributed by atoms with Crippen LogP contribution >= 0.6 is 0 Å². The topological polar surface area (TPSA) is 84.0 Å². The van der Waals surface area contributed by atoms with Crippen LogP contribution in [-0.2, 0) is 0 Å². The van der Waals surface area contributed by atoms with E-state index in [1.54, 1.807) is 0 Å². The second-order valence-electron chi connectivity index (χ2n) is 14.4. The zero-order chi connectivity index (χ0) is 35.6. The normalized spacial score (nSPS) is 25.7. The van der Waals surface area contributed by atoms with Crippen LogP contribution in [0.2, 0.25) is 0 Å². The predicted octanol–water partition coefficient (Wildman–Crippen LogP) is 3.49. The molecule has 2 atom stereocenters.